The van der Waals surface area contributed by atoms with Crippen molar-refractivity contribution in [1.29, 1.82) is 0 Å². The summed E-state index contributed by atoms with van der Waals surface area (Å²) < 4.78 is 5.56. The minimum atomic E-state index is 0.190. The van der Waals surface area contributed by atoms with E-state index in [0.29, 0.717) is 6.10 Å². The summed E-state index contributed by atoms with van der Waals surface area (Å²) >= 11 is 0. The number of hydrogen-bond acceptors (Lipinski definition) is 2. The van der Waals surface area contributed by atoms with E-state index < -0.39 is 0 Å². The summed E-state index contributed by atoms with van der Waals surface area (Å²) in [6.07, 6.45) is 1.57. The molecule has 2 nitrogen and oxygen atoms in total. The van der Waals surface area contributed by atoms with Crippen molar-refractivity contribution in [3.8, 4) is 0 Å². The van der Waals surface area contributed by atoms with Gasteiger partial charge >= 0.3 is 0 Å². The zero-order valence-electron chi connectivity index (χ0n) is 7.11. The lowest BCUT2D eigenvalue weighted by atomic mass is 10.0. The third kappa shape index (κ3) is 1.50. The molecule has 1 heterocycles. The first-order valence-corrected chi connectivity index (χ1v) is 4.03. The van der Waals surface area contributed by atoms with Gasteiger partial charge in [0.25, 0.3) is 0 Å². The van der Waals surface area contributed by atoms with Gasteiger partial charge in [0.2, 0.25) is 0 Å². The van der Waals surface area contributed by atoms with E-state index >= 15 is 0 Å². The highest BCUT2D eigenvalue weighted by Crippen LogP contribution is 2.21. The van der Waals surface area contributed by atoms with E-state index in [1.54, 1.807) is 0 Å². The fraction of sp³-hybridized carbons (Fsp3) is 1.00. The molecule has 10 heavy (non-hydrogen) atoms. The maximum Gasteiger partial charge on any atom is 0.0763 e. The molecule has 0 amide bonds. The first kappa shape index (κ1) is 8.02. The van der Waals surface area contributed by atoms with E-state index in [4.69, 9.17) is 4.74 Å². The van der Waals surface area contributed by atoms with Crippen molar-refractivity contribution in [2.24, 2.45) is 0 Å². The van der Waals surface area contributed by atoms with Crippen LogP contribution in [0.3, 0.4) is 0 Å². The van der Waals surface area contributed by atoms with Crippen LogP contribution in [0.5, 0.6) is 0 Å². The lowest BCUT2D eigenvalue weighted by Crippen LogP contribution is -2.42. The second-order valence-corrected chi connectivity index (χ2v) is 3.38. The van der Waals surface area contributed by atoms with Gasteiger partial charge in [-0.25, -0.2) is 0 Å². The Balaban J connectivity index is 2.43. The molecule has 0 bridgehead atoms. The Morgan fingerprint density at radius 3 is 2.70 bits per heavy atom. The molecule has 0 radical (unpaired) electrons. The van der Waals surface area contributed by atoms with Crippen molar-refractivity contribution < 1.29 is 4.74 Å². The Bertz CT molecular complexity index is 112. The Labute approximate surface area is 63.0 Å². The Morgan fingerprint density at radius 1 is 1.60 bits per heavy atom. The molecule has 1 rings (SSSR count). The zero-order valence-corrected chi connectivity index (χ0v) is 7.11. The fourth-order valence-electron chi connectivity index (χ4n) is 1.49. The van der Waals surface area contributed by atoms with Crippen LogP contribution >= 0.6 is 0 Å². The smallest absolute Gasteiger partial charge is 0.0763 e. The highest BCUT2D eigenvalue weighted by molar-refractivity contribution is 4.93. The van der Waals surface area contributed by atoms with Gasteiger partial charge in [-0.05, 0) is 33.7 Å². The molecule has 1 atom stereocenters. The topological polar surface area (TPSA) is 21.3 Å². The minimum Gasteiger partial charge on any atom is -0.377 e. The van der Waals surface area contributed by atoms with Crippen LogP contribution in [0.15, 0.2) is 0 Å². The molecule has 0 unspecified atom stereocenters. The fourth-order valence-corrected chi connectivity index (χ4v) is 1.49. The van der Waals surface area contributed by atoms with Gasteiger partial charge in [0.05, 0.1) is 6.10 Å². The monoisotopic (exact) mass is 143 g/mol. The Morgan fingerprint density at radius 2 is 2.30 bits per heavy atom. The van der Waals surface area contributed by atoms with Crippen LogP contribution < -0.4 is 5.32 Å². The van der Waals surface area contributed by atoms with Crippen LogP contribution in [0.1, 0.15) is 27.2 Å². The number of hydrogen-bond donors (Lipinski definition) is 1. The molecule has 1 saturated heterocycles. The van der Waals surface area contributed by atoms with Gasteiger partial charge in [-0.3, -0.25) is 0 Å². The SMILES string of the molecule is CCO[C@@H]1CCNC1(C)C. The molecule has 1 aliphatic rings. The van der Waals surface area contributed by atoms with E-state index in [1.807, 2.05) is 0 Å². The van der Waals surface area contributed by atoms with Gasteiger partial charge in [-0.2, -0.15) is 0 Å². The van der Waals surface area contributed by atoms with Crippen molar-refractivity contribution in [3.63, 3.8) is 0 Å². The van der Waals surface area contributed by atoms with E-state index in [9.17, 15) is 0 Å². The predicted octanol–water partition coefficient (Wildman–Crippen LogP) is 1.16. The highest BCUT2D eigenvalue weighted by atomic mass is 16.5. The Kier molecular flexibility index (Phi) is 2.32. The number of ether oxygens (including phenoxy) is 1. The molecule has 2 heteroatoms. The molecule has 0 saturated carbocycles. The lowest BCUT2D eigenvalue weighted by molar-refractivity contribution is 0.0285. The minimum absolute atomic E-state index is 0.190. The van der Waals surface area contributed by atoms with Crippen LogP contribution in [0, 0.1) is 0 Å². The zero-order chi connectivity index (χ0) is 7.61. The first-order valence-electron chi connectivity index (χ1n) is 4.03. The van der Waals surface area contributed by atoms with E-state index in [-0.39, 0.29) is 5.54 Å². The van der Waals surface area contributed by atoms with Gasteiger partial charge in [0.15, 0.2) is 0 Å². The highest BCUT2D eigenvalue weighted by Gasteiger charge is 2.34. The Hall–Kier alpha value is -0.0800. The van der Waals surface area contributed by atoms with Crippen molar-refractivity contribution in [3.05, 3.63) is 0 Å². The molecule has 1 fully saturated rings. The third-order valence-electron chi connectivity index (χ3n) is 2.16. The quantitative estimate of drug-likeness (QED) is 0.626. The summed E-state index contributed by atoms with van der Waals surface area (Å²) in [6.45, 7) is 8.36. The van der Waals surface area contributed by atoms with Crippen LogP contribution in [-0.2, 0) is 4.74 Å². The second kappa shape index (κ2) is 2.89. The van der Waals surface area contributed by atoms with Crippen LogP contribution in [0.25, 0.3) is 0 Å². The number of rotatable bonds is 2. The maximum absolute atomic E-state index is 5.56. The summed E-state index contributed by atoms with van der Waals surface area (Å²) in [7, 11) is 0. The van der Waals surface area contributed by atoms with E-state index in [0.717, 1.165) is 19.6 Å². The summed E-state index contributed by atoms with van der Waals surface area (Å²) in [5, 5.41) is 3.41. The molecule has 0 aromatic carbocycles. The average molecular weight is 143 g/mol. The molecule has 0 aromatic heterocycles. The van der Waals surface area contributed by atoms with Crippen LogP contribution in [0.4, 0.5) is 0 Å². The van der Waals surface area contributed by atoms with E-state index in [1.165, 1.54) is 0 Å². The largest absolute Gasteiger partial charge is 0.377 e. The molecule has 60 valence electrons. The predicted molar refractivity (Wildman–Crippen MR) is 42.1 cm³/mol. The van der Waals surface area contributed by atoms with Crippen LogP contribution in [0.2, 0.25) is 0 Å². The molecule has 0 spiro atoms. The lowest BCUT2D eigenvalue weighted by Gasteiger charge is -2.26. The summed E-state index contributed by atoms with van der Waals surface area (Å²) in [5.41, 5.74) is 0.190. The van der Waals surface area contributed by atoms with Gasteiger partial charge in [0.1, 0.15) is 0 Å². The molecule has 1 N–H and O–H groups in total. The first-order chi connectivity index (χ1) is 4.67. The van der Waals surface area contributed by atoms with Crippen molar-refractivity contribution in [2.45, 2.75) is 38.8 Å². The standard InChI is InChI=1S/C8H17NO/c1-4-10-7-5-6-9-8(7,2)3/h7,9H,4-6H2,1-3H3/t7-/m1/s1. The van der Waals surface area contributed by atoms with Gasteiger partial charge in [-0.15, -0.1) is 0 Å². The average Bonchev–Trinajstić information content (AvgIpc) is 2.13. The van der Waals surface area contributed by atoms with Crippen LogP contribution in [-0.4, -0.2) is 24.8 Å². The molecule has 0 aromatic rings. The molecule has 0 aliphatic carbocycles. The molecule has 1 aliphatic heterocycles. The van der Waals surface area contributed by atoms with Crippen molar-refractivity contribution in [2.75, 3.05) is 13.2 Å². The van der Waals surface area contributed by atoms with Gasteiger partial charge in [-0.1, -0.05) is 0 Å². The van der Waals surface area contributed by atoms with E-state index in [2.05, 4.69) is 26.1 Å². The summed E-state index contributed by atoms with van der Waals surface area (Å²) in [4.78, 5) is 0. The normalized spacial score (nSPS) is 30.9. The number of nitrogens with one attached hydrogen (secondary N) is 1. The van der Waals surface area contributed by atoms with Gasteiger partial charge < -0.3 is 10.1 Å². The molecular formula is C8H17NO. The van der Waals surface area contributed by atoms with Crippen molar-refractivity contribution >= 4 is 0 Å². The third-order valence-corrected chi connectivity index (χ3v) is 2.16. The summed E-state index contributed by atoms with van der Waals surface area (Å²) in [6, 6.07) is 0. The van der Waals surface area contributed by atoms with Crippen molar-refractivity contribution in [1.82, 2.24) is 5.32 Å². The summed E-state index contributed by atoms with van der Waals surface area (Å²) in [5.74, 6) is 0. The second-order valence-electron chi connectivity index (χ2n) is 3.38. The maximum atomic E-state index is 5.56. The molecular weight excluding hydrogens is 126 g/mol. The van der Waals surface area contributed by atoms with Gasteiger partial charge in [0, 0.05) is 12.1 Å².